The molecule has 0 radical (unpaired) electrons. The second-order valence-corrected chi connectivity index (χ2v) is 12.7. The van der Waals surface area contributed by atoms with E-state index in [-0.39, 0.29) is 5.56 Å². The Bertz CT molecular complexity index is 2460. The van der Waals surface area contributed by atoms with Crippen molar-refractivity contribution in [1.29, 1.82) is 0 Å². The normalized spacial score (nSPS) is 10.7. The lowest BCUT2D eigenvalue weighted by Gasteiger charge is -2.07. The van der Waals surface area contributed by atoms with Crippen LogP contribution in [0.5, 0.6) is 0 Å². The number of amides is 1. The third-order valence-corrected chi connectivity index (χ3v) is 9.16. The zero-order valence-electron chi connectivity index (χ0n) is 26.2. The summed E-state index contributed by atoms with van der Waals surface area (Å²) < 4.78 is 0. The maximum atomic E-state index is 12.4. The maximum Gasteiger partial charge on any atom is 0.259 e. The van der Waals surface area contributed by atoms with Gasteiger partial charge in [0.15, 0.2) is 0 Å². The number of carbonyl (C=O) groups is 2. The first-order valence-corrected chi connectivity index (χ1v) is 16.2. The Kier molecular flexibility index (Phi) is 10.9. The molecule has 49 heavy (non-hydrogen) atoms. The fourth-order valence-electron chi connectivity index (χ4n) is 5.06. The number of nitrogens with zero attached hydrogens (tertiary/aromatic N) is 1. The van der Waals surface area contributed by atoms with E-state index < -0.39 is 5.91 Å². The van der Waals surface area contributed by atoms with Gasteiger partial charge < -0.3 is 16.5 Å². The van der Waals surface area contributed by atoms with Crippen LogP contribution in [0.15, 0.2) is 102 Å². The third kappa shape index (κ3) is 8.04. The summed E-state index contributed by atoms with van der Waals surface area (Å²) in [5.41, 5.74) is 15.4. The summed E-state index contributed by atoms with van der Waals surface area (Å²) in [4.78, 5) is 41.1. The summed E-state index contributed by atoms with van der Waals surface area (Å²) in [6.07, 6.45) is 0.807. The SMILES string of the molecule is Cc1cccc(C(N)=O)c1N.Cc1cccc2c(=O)[nH]c(-c3ccc4cc(Cl)c(Cl)cc4c3)nc12.O=Cc1ccc2cc(Cl)c(Cl)cc2c1. The van der Waals surface area contributed by atoms with Crippen molar-refractivity contribution < 1.29 is 9.59 Å². The van der Waals surface area contributed by atoms with Gasteiger partial charge in [0.05, 0.1) is 36.6 Å². The van der Waals surface area contributed by atoms with Crippen LogP contribution in [0.2, 0.25) is 20.1 Å². The van der Waals surface area contributed by atoms with E-state index in [0.29, 0.717) is 53.6 Å². The fourth-order valence-corrected chi connectivity index (χ4v) is 5.75. The molecule has 0 spiro atoms. The lowest BCUT2D eigenvalue weighted by Crippen LogP contribution is -2.13. The van der Waals surface area contributed by atoms with Crippen molar-refractivity contribution in [3.05, 3.63) is 150 Å². The lowest BCUT2D eigenvalue weighted by molar-refractivity contribution is 0.100. The first-order chi connectivity index (χ1) is 23.4. The standard InChI is InChI=1S/C19H12Cl2N2O.C11H6Cl2O.C8H10N2O/c1-10-3-2-4-14-17(10)22-18(23-19(14)24)12-6-5-11-8-15(20)16(21)9-13(11)7-12;12-10-4-8-2-1-7(6-14)3-9(8)5-11(10)13;1-5-3-2-4-6(7(5)9)8(10)11/h2-9H,1H3,(H,22,23,24);1-6H;2-4H,9H2,1H3,(H2,10,11). The molecule has 0 aliphatic rings. The number of aromatic amines is 1. The number of hydrogen-bond donors (Lipinski definition) is 3. The molecule has 0 unspecified atom stereocenters. The van der Waals surface area contributed by atoms with Gasteiger partial charge in [0.25, 0.3) is 11.5 Å². The van der Waals surface area contributed by atoms with Crippen LogP contribution in [-0.2, 0) is 0 Å². The van der Waals surface area contributed by atoms with E-state index in [1.54, 1.807) is 42.5 Å². The Morgan fingerprint density at radius 2 is 1.27 bits per heavy atom. The Labute approximate surface area is 301 Å². The molecule has 0 aliphatic heterocycles. The molecule has 7 nitrogen and oxygen atoms in total. The second-order valence-electron chi connectivity index (χ2n) is 11.1. The van der Waals surface area contributed by atoms with Crippen molar-refractivity contribution >= 4 is 96.7 Å². The van der Waals surface area contributed by atoms with Gasteiger partial charge in [-0.25, -0.2) is 4.98 Å². The van der Waals surface area contributed by atoms with Crippen LogP contribution in [0.3, 0.4) is 0 Å². The quantitative estimate of drug-likeness (QED) is 0.123. The highest BCUT2D eigenvalue weighted by Gasteiger charge is 2.10. The van der Waals surface area contributed by atoms with Crippen molar-refractivity contribution in [3.63, 3.8) is 0 Å². The molecule has 0 saturated heterocycles. The van der Waals surface area contributed by atoms with Crippen molar-refractivity contribution in [1.82, 2.24) is 9.97 Å². The Morgan fingerprint density at radius 3 is 1.86 bits per heavy atom. The topological polar surface area (TPSA) is 132 Å². The zero-order chi connectivity index (χ0) is 35.4. The molecule has 1 amide bonds. The van der Waals surface area contributed by atoms with E-state index >= 15 is 0 Å². The van der Waals surface area contributed by atoms with Gasteiger partial charge >= 0.3 is 0 Å². The van der Waals surface area contributed by atoms with Crippen LogP contribution in [0.4, 0.5) is 5.69 Å². The van der Waals surface area contributed by atoms with E-state index in [2.05, 4.69) is 9.97 Å². The van der Waals surface area contributed by atoms with Gasteiger partial charge in [0.2, 0.25) is 0 Å². The summed E-state index contributed by atoms with van der Waals surface area (Å²) in [5.74, 6) is 0.0565. The number of nitrogens with two attached hydrogens (primary N) is 2. The lowest BCUT2D eigenvalue weighted by atomic mass is 10.1. The molecule has 6 aromatic carbocycles. The first kappa shape index (κ1) is 35.4. The van der Waals surface area contributed by atoms with Crippen LogP contribution in [0, 0.1) is 13.8 Å². The number of para-hydroxylation sites is 2. The molecule has 1 aromatic heterocycles. The molecule has 0 atom stereocenters. The summed E-state index contributed by atoms with van der Waals surface area (Å²) >= 11 is 23.9. The monoisotopic (exact) mass is 728 g/mol. The molecule has 7 rings (SSSR count). The minimum atomic E-state index is -0.480. The average Bonchev–Trinajstić information content (AvgIpc) is 3.07. The number of aromatic nitrogens is 2. The second kappa shape index (κ2) is 15.1. The number of hydrogen-bond acceptors (Lipinski definition) is 5. The third-order valence-electron chi connectivity index (χ3n) is 7.72. The van der Waals surface area contributed by atoms with E-state index in [1.165, 1.54) is 0 Å². The van der Waals surface area contributed by atoms with Gasteiger partial charge in [-0.1, -0.05) is 94.9 Å². The van der Waals surface area contributed by atoms with Gasteiger partial charge in [-0.3, -0.25) is 14.4 Å². The largest absolute Gasteiger partial charge is 0.398 e. The Morgan fingerprint density at radius 1 is 0.714 bits per heavy atom. The van der Waals surface area contributed by atoms with Crippen LogP contribution < -0.4 is 17.0 Å². The molecule has 11 heteroatoms. The average molecular weight is 730 g/mol. The number of primary amides is 1. The van der Waals surface area contributed by atoms with Crippen molar-refractivity contribution in [2.45, 2.75) is 13.8 Å². The summed E-state index contributed by atoms with van der Waals surface area (Å²) in [7, 11) is 0. The van der Waals surface area contributed by atoms with Gasteiger partial charge in [-0.15, -0.1) is 0 Å². The number of nitrogens with one attached hydrogen (secondary N) is 1. The van der Waals surface area contributed by atoms with Gasteiger partial charge in [-0.2, -0.15) is 0 Å². The zero-order valence-corrected chi connectivity index (χ0v) is 29.2. The molecule has 0 bridgehead atoms. The molecular formula is C38H28Cl4N4O3. The summed E-state index contributed by atoms with van der Waals surface area (Å²) in [6.45, 7) is 3.78. The number of H-pyrrole nitrogens is 1. The fraction of sp³-hybridized carbons (Fsp3) is 0.0526. The predicted molar refractivity (Wildman–Crippen MR) is 204 cm³/mol. The Balaban J connectivity index is 0.000000159. The Hall–Kier alpha value is -4.92. The predicted octanol–water partition coefficient (Wildman–Crippen LogP) is 9.99. The molecule has 0 aliphatic carbocycles. The molecule has 5 N–H and O–H groups in total. The minimum absolute atomic E-state index is 0.145. The number of carbonyl (C=O) groups excluding carboxylic acids is 2. The van der Waals surface area contributed by atoms with Gasteiger partial charge in [0.1, 0.15) is 12.1 Å². The molecule has 0 fully saturated rings. The van der Waals surface area contributed by atoms with E-state index in [1.807, 2.05) is 68.4 Å². The number of rotatable bonds is 3. The highest BCUT2D eigenvalue weighted by Crippen LogP contribution is 2.31. The highest BCUT2D eigenvalue weighted by atomic mass is 35.5. The number of fused-ring (bicyclic) bond motifs is 3. The number of aryl methyl sites for hydroxylation is 2. The van der Waals surface area contributed by atoms with E-state index in [0.717, 1.165) is 44.5 Å². The van der Waals surface area contributed by atoms with Crippen molar-refractivity contribution in [2.75, 3.05) is 5.73 Å². The van der Waals surface area contributed by atoms with Crippen molar-refractivity contribution in [3.8, 4) is 11.4 Å². The van der Waals surface area contributed by atoms with Crippen molar-refractivity contribution in [2.24, 2.45) is 5.73 Å². The van der Waals surface area contributed by atoms with Crippen LogP contribution in [-0.4, -0.2) is 22.2 Å². The summed E-state index contributed by atoms with van der Waals surface area (Å²) in [5, 5.41) is 6.45. The van der Waals surface area contributed by atoms with E-state index in [4.69, 9.17) is 57.9 Å². The number of benzene rings is 6. The maximum absolute atomic E-state index is 12.4. The van der Waals surface area contributed by atoms with E-state index in [9.17, 15) is 14.4 Å². The molecule has 0 saturated carbocycles. The van der Waals surface area contributed by atoms with Crippen LogP contribution >= 0.6 is 46.4 Å². The minimum Gasteiger partial charge on any atom is -0.398 e. The van der Waals surface area contributed by atoms with Crippen LogP contribution in [0.25, 0.3) is 43.8 Å². The molecular weight excluding hydrogens is 702 g/mol. The molecule has 246 valence electrons. The smallest absolute Gasteiger partial charge is 0.259 e. The van der Waals surface area contributed by atoms with Crippen LogP contribution in [0.1, 0.15) is 31.8 Å². The molecule has 1 heterocycles. The number of halogens is 4. The van der Waals surface area contributed by atoms with Gasteiger partial charge in [0, 0.05) is 16.8 Å². The van der Waals surface area contributed by atoms with Gasteiger partial charge in [-0.05, 0) is 95.1 Å². The highest BCUT2D eigenvalue weighted by molar-refractivity contribution is 6.43. The number of aldehydes is 1. The summed E-state index contributed by atoms with van der Waals surface area (Å²) in [6, 6.07) is 29.1. The number of nitrogen functional groups attached to an aromatic ring is 1. The first-order valence-electron chi connectivity index (χ1n) is 14.7. The molecule has 7 aromatic rings. The number of anilines is 1.